The van der Waals surface area contributed by atoms with Crippen molar-refractivity contribution in [3.8, 4) is 11.1 Å². The number of nitrogens with zero attached hydrogens (tertiary/aromatic N) is 1. The van der Waals surface area contributed by atoms with E-state index in [9.17, 15) is 0 Å². The number of furan rings is 1. The molecule has 2 nitrogen and oxygen atoms in total. The van der Waals surface area contributed by atoms with Crippen LogP contribution in [0.3, 0.4) is 0 Å². The Morgan fingerprint density at radius 1 is 0.360 bits per heavy atom. The smallest absolute Gasteiger partial charge is 0.136 e. The predicted molar refractivity (Wildman–Crippen MR) is 217 cm³/mol. The van der Waals surface area contributed by atoms with Crippen molar-refractivity contribution >= 4 is 113 Å². The summed E-state index contributed by atoms with van der Waals surface area (Å²) in [4.78, 5) is 2.40. The number of hydrogen-bond acceptors (Lipinski definition) is 4. The molecule has 0 aliphatic rings. The average molecular weight is 674 g/mol. The highest BCUT2D eigenvalue weighted by molar-refractivity contribution is 7.26. The van der Waals surface area contributed by atoms with Crippen molar-refractivity contribution in [1.82, 2.24) is 0 Å². The first-order chi connectivity index (χ1) is 24.7. The van der Waals surface area contributed by atoms with E-state index in [0.29, 0.717) is 0 Å². The summed E-state index contributed by atoms with van der Waals surface area (Å²) in [6.45, 7) is 0. The molecule has 0 unspecified atom stereocenters. The van der Waals surface area contributed by atoms with Crippen LogP contribution >= 0.6 is 22.7 Å². The number of hydrogen-bond donors (Lipinski definition) is 0. The van der Waals surface area contributed by atoms with Crippen molar-refractivity contribution in [2.24, 2.45) is 0 Å². The molecule has 0 spiro atoms. The van der Waals surface area contributed by atoms with Crippen LogP contribution in [0.1, 0.15) is 0 Å². The summed E-state index contributed by atoms with van der Waals surface area (Å²) in [6, 6.07) is 59.6. The SMILES string of the molecule is c1ccc2c(c1)oc1ccc3ccc(-c4ccc(N(c5ccc6c(c5)sc5ccccc56)c5ccc6c(c5)sc5ccccc56)cc4)cc3c12. The van der Waals surface area contributed by atoms with E-state index >= 15 is 0 Å². The zero-order valence-electron chi connectivity index (χ0n) is 26.8. The van der Waals surface area contributed by atoms with Crippen LogP contribution in [0.2, 0.25) is 0 Å². The number of thiophene rings is 2. The summed E-state index contributed by atoms with van der Waals surface area (Å²) in [6.07, 6.45) is 0. The van der Waals surface area contributed by atoms with Gasteiger partial charge in [-0.25, -0.2) is 0 Å². The van der Waals surface area contributed by atoms with E-state index in [4.69, 9.17) is 4.42 Å². The van der Waals surface area contributed by atoms with Crippen LogP contribution in [-0.2, 0) is 0 Å². The largest absolute Gasteiger partial charge is 0.456 e. The summed E-state index contributed by atoms with van der Waals surface area (Å²) in [5, 5.41) is 10.0. The van der Waals surface area contributed by atoms with Crippen molar-refractivity contribution in [3.63, 3.8) is 0 Å². The summed E-state index contributed by atoms with van der Waals surface area (Å²) < 4.78 is 11.4. The lowest BCUT2D eigenvalue weighted by molar-refractivity contribution is 0.669. The standard InChI is InChI=1S/C46H27NOS2/c1-4-10-40-38(9-1)46-39-25-30(14-13-29(39)17-24-41(46)48-40)28-15-18-31(19-16-28)47(32-20-22-36-34-7-2-5-11-42(34)49-44(36)26-32)33-21-23-37-35-8-3-6-12-43(35)50-45(37)27-33/h1-27H. The van der Waals surface area contributed by atoms with Crippen LogP contribution < -0.4 is 4.90 Å². The Bertz CT molecular complexity index is 2990. The number of para-hydroxylation sites is 1. The van der Waals surface area contributed by atoms with Crippen LogP contribution in [0.25, 0.3) is 84.2 Å². The third kappa shape index (κ3) is 4.26. The maximum atomic E-state index is 6.22. The van der Waals surface area contributed by atoms with E-state index in [1.807, 2.05) is 34.8 Å². The van der Waals surface area contributed by atoms with Gasteiger partial charge < -0.3 is 9.32 Å². The first-order valence-corrected chi connectivity index (χ1v) is 18.5. The van der Waals surface area contributed by atoms with Gasteiger partial charge in [-0.1, -0.05) is 97.1 Å². The second kappa shape index (κ2) is 10.8. The molecule has 11 rings (SSSR count). The van der Waals surface area contributed by atoms with Crippen molar-refractivity contribution in [1.29, 1.82) is 0 Å². The molecule has 3 aromatic heterocycles. The first-order valence-electron chi connectivity index (χ1n) is 16.8. The fraction of sp³-hybridized carbons (Fsp3) is 0. The number of fused-ring (bicyclic) bond motifs is 11. The van der Waals surface area contributed by atoms with E-state index in [0.717, 1.165) is 33.6 Å². The van der Waals surface area contributed by atoms with Crippen molar-refractivity contribution in [2.45, 2.75) is 0 Å². The lowest BCUT2D eigenvalue weighted by Gasteiger charge is -2.26. The zero-order valence-corrected chi connectivity index (χ0v) is 28.4. The van der Waals surface area contributed by atoms with Gasteiger partial charge in [-0.2, -0.15) is 0 Å². The summed E-state index contributed by atoms with van der Waals surface area (Å²) in [7, 11) is 0. The molecular weight excluding hydrogens is 647 g/mol. The molecule has 11 aromatic rings. The van der Waals surface area contributed by atoms with Crippen molar-refractivity contribution in [2.75, 3.05) is 4.90 Å². The van der Waals surface area contributed by atoms with E-state index in [1.54, 1.807) is 0 Å². The Morgan fingerprint density at radius 3 is 1.58 bits per heavy atom. The Labute approximate surface area is 295 Å². The van der Waals surface area contributed by atoms with E-state index in [1.165, 1.54) is 67.6 Å². The summed E-state index contributed by atoms with van der Waals surface area (Å²) in [5.41, 5.74) is 7.64. The van der Waals surface area contributed by atoms with Gasteiger partial charge >= 0.3 is 0 Å². The molecule has 0 N–H and O–H groups in total. The molecule has 50 heavy (non-hydrogen) atoms. The molecule has 234 valence electrons. The van der Waals surface area contributed by atoms with Crippen LogP contribution in [0, 0.1) is 0 Å². The summed E-state index contributed by atoms with van der Waals surface area (Å²) >= 11 is 3.72. The van der Waals surface area contributed by atoms with Crippen molar-refractivity contribution in [3.05, 3.63) is 164 Å². The lowest BCUT2D eigenvalue weighted by atomic mass is 9.98. The third-order valence-electron chi connectivity index (χ3n) is 10.1. The summed E-state index contributed by atoms with van der Waals surface area (Å²) in [5.74, 6) is 0. The number of benzene rings is 8. The van der Waals surface area contributed by atoms with Crippen LogP contribution in [0.15, 0.2) is 168 Å². The van der Waals surface area contributed by atoms with Gasteiger partial charge in [0.25, 0.3) is 0 Å². The van der Waals surface area contributed by atoms with Gasteiger partial charge in [-0.15, -0.1) is 22.7 Å². The molecule has 0 aliphatic heterocycles. The van der Waals surface area contributed by atoms with Gasteiger partial charge in [-0.05, 0) is 88.6 Å². The highest BCUT2D eigenvalue weighted by Gasteiger charge is 2.17. The molecule has 0 bridgehead atoms. The fourth-order valence-corrected chi connectivity index (χ4v) is 9.96. The number of anilines is 3. The first kappa shape index (κ1) is 28.0. The highest BCUT2D eigenvalue weighted by atomic mass is 32.1. The molecule has 0 saturated heterocycles. The van der Waals surface area contributed by atoms with Gasteiger partial charge in [0, 0.05) is 68.2 Å². The maximum absolute atomic E-state index is 6.22. The van der Waals surface area contributed by atoms with Crippen LogP contribution in [0.5, 0.6) is 0 Å². The molecule has 0 atom stereocenters. The van der Waals surface area contributed by atoms with E-state index in [2.05, 4.69) is 157 Å². The Hall–Kier alpha value is -5.94. The van der Waals surface area contributed by atoms with E-state index < -0.39 is 0 Å². The number of rotatable bonds is 4. The Kier molecular flexibility index (Phi) is 6.03. The lowest BCUT2D eigenvalue weighted by Crippen LogP contribution is -2.09. The molecule has 0 aliphatic carbocycles. The normalized spacial score (nSPS) is 12.0. The molecule has 3 heterocycles. The molecule has 0 radical (unpaired) electrons. The topological polar surface area (TPSA) is 16.4 Å². The second-order valence-electron chi connectivity index (χ2n) is 12.9. The van der Waals surface area contributed by atoms with Crippen LogP contribution in [-0.4, -0.2) is 0 Å². The zero-order chi connectivity index (χ0) is 32.8. The van der Waals surface area contributed by atoms with Crippen LogP contribution in [0.4, 0.5) is 17.1 Å². The molecule has 8 aromatic carbocycles. The highest BCUT2D eigenvalue weighted by Crippen LogP contribution is 2.44. The minimum absolute atomic E-state index is 0.924. The predicted octanol–water partition coefficient (Wildman–Crippen LogP) is 14.6. The third-order valence-corrected chi connectivity index (χ3v) is 12.3. The molecular formula is C46H27NOS2. The molecule has 0 amide bonds. The maximum Gasteiger partial charge on any atom is 0.136 e. The van der Waals surface area contributed by atoms with E-state index in [-0.39, 0.29) is 0 Å². The van der Waals surface area contributed by atoms with Gasteiger partial charge in [0.15, 0.2) is 0 Å². The molecule has 0 fully saturated rings. The van der Waals surface area contributed by atoms with Gasteiger partial charge in [0.2, 0.25) is 0 Å². The van der Waals surface area contributed by atoms with Gasteiger partial charge in [-0.3, -0.25) is 0 Å². The molecule has 4 heteroatoms. The van der Waals surface area contributed by atoms with Crippen molar-refractivity contribution < 1.29 is 4.42 Å². The quantitative estimate of drug-likeness (QED) is 0.185. The van der Waals surface area contributed by atoms with Gasteiger partial charge in [0.05, 0.1) is 0 Å². The minimum atomic E-state index is 0.924. The van der Waals surface area contributed by atoms with Gasteiger partial charge in [0.1, 0.15) is 11.2 Å². The average Bonchev–Trinajstić information content (AvgIpc) is 3.86. The monoisotopic (exact) mass is 673 g/mol. The fourth-order valence-electron chi connectivity index (χ4n) is 7.68. The Balaban J connectivity index is 1.06. The Morgan fingerprint density at radius 2 is 0.900 bits per heavy atom. The molecule has 0 saturated carbocycles. The second-order valence-corrected chi connectivity index (χ2v) is 15.1. The minimum Gasteiger partial charge on any atom is -0.456 e.